The molecule has 0 unspecified atom stereocenters. The molecule has 0 aromatic heterocycles. The number of carbonyl (C=O) groups is 2. The summed E-state index contributed by atoms with van der Waals surface area (Å²) in [5, 5.41) is 0.0553. The molecule has 0 radical (unpaired) electrons. The van der Waals surface area contributed by atoms with E-state index >= 15 is 0 Å². The Morgan fingerprint density at radius 1 is 0.806 bits per heavy atom. The number of esters is 2. The van der Waals surface area contributed by atoms with Crippen LogP contribution in [-0.4, -0.2) is 42.2 Å². The molecule has 6 nitrogen and oxygen atoms in total. The van der Waals surface area contributed by atoms with Crippen LogP contribution in [0.3, 0.4) is 0 Å². The molecule has 2 aromatic carbocycles. The summed E-state index contributed by atoms with van der Waals surface area (Å²) in [7, 11) is -3.13. The van der Waals surface area contributed by atoms with E-state index < -0.39 is 28.9 Å². The van der Waals surface area contributed by atoms with Gasteiger partial charge in [0.25, 0.3) is 8.68 Å². The molecule has 198 valence electrons. The maximum Gasteiger partial charge on any atom is 0.338 e. The van der Waals surface area contributed by atoms with E-state index in [1.807, 2.05) is 24.3 Å². The van der Waals surface area contributed by atoms with Crippen molar-refractivity contribution in [1.82, 2.24) is 0 Å². The van der Waals surface area contributed by atoms with Crippen LogP contribution in [-0.2, 0) is 19.4 Å². The average molecular weight is 531 g/mol. The Labute approximate surface area is 219 Å². The van der Waals surface area contributed by atoms with Crippen molar-refractivity contribution < 1.29 is 28.0 Å². The van der Waals surface area contributed by atoms with Crippen LogP contribution in [0.1, 0.15) is 67.8 Å². The molecular weight excluding hydrogens is 488 g/mol. The fourth-order valence-corrected chi connectivity index (χ4v) is 3.70. The number of benzene rings is 2. The van der Waals surface area contributed by atoms with Gasteiger partial charge in [-0.05, 0) is 72.5 Å². The molecule has 8 heteroatoms. The average Bonchev–Trinajstić information content (AvgIpc) is 2.74. The lowest BCUT2D eigenvalue weighted by atomic mass is 9.86. The van der Waals surface area contributed by atoms with Crippen molar-refractivity contribution in [2.24, 2.45) is 0 Å². The van der Waals surface area contributed by atoms with Gasteiger partial charge < -0.3 is 18.4 Å². The highest BCUT2D eigenvalue weighted by molar-refractivity contribution is 6.74. The SMILES string of the molecule is CC(C)(C)c1cccc(C(=O)OCCOC(=O)c2cccc(O[Si](C)(C)C(C)(C)C)c2)c1.C[Si](C)=O. The van der Waals surface area contributed by atoms with Crippen LogP contribution >= 0.6 is 0 Å². The number of carbonyl (C=O) groups excluding carboxylic acids is 2. The van der Waals surface area contributed by atoms with Gasteiger partial charge in [-0.1, -0.05) is 59.7 Å². The minimum Gasteiger partial charge on any atom is -0.543 e. The normalized spacial score (nSPS) is 11.6. The monoisotopic (exact) mass is 530 g/mol. The predicted molar refractivity (Wildman–Crippen MR) is 148 cm³/mol. The molecule has 0 heterocycles. The fraction of sp³-hybridized carbons (Fsp3) is 0.500. The largest absolute Gasteiger partial charge is 0.543 e. The maximum absolute atomic E-state index is 12.4. The van der Waals surface area contributed by atoms with Gasteiger partial charge in [0, 0.05) is 0 Å². The molecule has 2 rings (SSSR count). The molecule has 0 saturated heterocycles. The van der Waals surface area contributed by atoms with Crippen LogP contribution in [0.4, 0.5) is 0 Å². The summed E-state index contributed by atoms with van der Waals surface area (Å²) in [5.41, 5.74) is 1.89. The second-order valence-corrected chi connectivity index (χ2v) is 17.9. The molecule has 0 atom stereocenters. The standard InChI is InChI=1S/C26H36O5Si.C2H6OSi/c1-25(2,3)21-13-9-11-19(17-21)23(27)29-15-16-30-24(28)20-12-10-14-22(18-20)31-32(7,8)26(4,5)6;1-4(2)3/h9-14,17-18H,15-16H2,1-8H3;1-2H3. The molecule has 0 bridgehead atoms. The van der Waals surface area contributed by atoms with E-state index in [9.17, 15) is 14.1 Å². The van der Waals surface area contributed by atoms with Crippen LogP contribution in [0.5, 0.6) is 5.75 Å². The van der Waals surface area contributed by atoms with E-state index in [0.29, 0.717) is 16.9 Å². The van der Waals surface area contributed by atoms with Crippen molar-refractivity contribution in [3.05, 3.63) is 65.2 Å². The van der Waals surface area contributed by atoms with Gasteiger partial charge in [0.1, 0.15) is 19.0 Å². The topological polar surface area (TPSA) is 78.9 Å². The van der Waals surface area contributed by atoms with E-state index in [1.54, 1.807) is 37.4 Å². The minimum atomic E-state index is -2.01. The van der Waals surface area contributed by atoms with Gasteiger partial charge in [0.15, 0.2) is 0 Å². The Balaban J connectivity index is 0.00000150. The highest BCUT2D eigenvalue weighted by atomic mass is 28.4. The highest BCUT2D eigenvalue weighted by Gasteiger charge is 2.39. The van der Waals surface area contributed by atoms with Crippen molar-refractivity contribution >= 4 is 28.9 Å². The van der Waals surface area contributed by atoms with Gasteiger partial charge in [-0.15, -0.1) is 0 Å². The highest BCUT2D eigenvalue weighted by Crippen LogP contribution is 2.37. The van der Waals surface area contributed by atoms with Gasteiger partial charge in [0.05, 0.1) is 11.1 Å². The van der Waals surface area contributed by atoms with Gasteiger partial charge in [-0.2, -0.15) is 0 Å². The first-order valence-corrected chi connectivity index (χ1v) is 17.5. The third-order valence-corrected chi connectivity index (χ3v) is 10.1. The summed E-state index contributed by atoms with van der Waals surface area (Å²) in [6, 6.07) is 14.4. The van der Waals surface area contributed by atoms with Crippen molar-refractivity contribution in [3.8, 4) is 5.75 Å². The maximum atomic E-state index is 12.4. The van der Waals surface area contributed by atoms with Crippen molar-refractivity contribution in [2.45, 2.75) is 78.2 Å². The summed E-state index contributed by atoms with van der Waals surface area (Å²) >= 11 is 0. The first kappa shape index (κ1) is 31.4. The number of ether oxygens (including phenoxy) is 2. The second-order valence-electron chi connectivity index (χ2n) is 11.4. The summed E-state index contributed by atoms with van der Waals surface area (Å²) in [6.07, 6.45) is 0. The Morgan fingerprint density at radius 2 is 1.25 bits per heavy atom. The molecule has 0 saturated carbocycles. The molecule has 2 aromatic rings. The quantitative estimate of drug-likeness (QED) is 0.217. The molecule has 0 amide bonds. The Hall–Kier alpha value is -2.59. The van der Waals surface area contributed by atoms with Crippen LogP contribution in [0.25, 0.3) is 0 Å². The first-order chi connectivity index (χ1) is 16.4. The molecule has 36 heavy (non-hydrogen) atoms. The Kier molecular flexibility index (Phi) is 11.4. The first-order valence-electron chi connectivity index (χ1n) is 12.1. The molecular formula is C28H42O6Si2. The molecule has 0 aliphatic heterocycles. The Bertz CT molecular complexity index is 1040. The number of hydrogen-bond donors (Lipinski definition) is 0. The van der Waals surface area contributed by atoms with Crippen LogP contribution in [0.2, 0.25) is 31.2 Å². The zero-order chi connectivity index (χ0) is 27.7. The second kappa shape index (κ2) is 13.1. The lowest BCUT2D eigenvalue weighted by molar-refractivity contribution is 0.0265. The fourth-order valence-electron chi connectivity index (χ4n) is 2.68. The van der Waals surface area contributed by atoms with Crippen molar-refractivity contribution in [2.75, 3.05) is 13.2 Å². The lowest BCUT2D eigenvalue weighted by Crippen LogP contribution is -2.43. The molecule has 0 fully saturated rings. The molecule has 0 N–H and O–H groups in total. The summed E-state index contributed by atoms with van der Waals surface area (Å²) in [6.45, 7) is 20.5. The zero-order valence-electron chi connectivity index (χ0n) is 23.5. The van der Waals surface area contributed by atoms with Crippen LogP contribution < -0.4 is 4.43 Å². The number of rotatable bonds is 7. The number of hydrogen-bond acceptors (Lipinski definition) is 6. The third-order valence-electron chi connectivity index (χ3n) is 5.76. The molecule has 0 aliphatic rings. The summed E-state index contributed by atoms with van der Waals surface area (Å²) in [4.78, 5) is 24.7. The lowest BCUT2D eigenvalue weighted by Gasteiger charge is -2.36. The van der Waals surface area contributed by atoms with E-state index in [2.05, 4.69) is 54.6 Å². The van der Waals surface area contributed by atoms with Gasteiger partial charge in [0.2, 0.25) is 8.32 Å². The van der Waals surface area contributed by atoms with Crippen LogP contribution in [0, 0.1) is 0 Å². The predicted octanol–water partition coefficient (Wildman–Crippen LogP) is 7.05. The zero-order valence-corrected chi connectivity index (χ0v) is 25.5. The van der Waals surface area contributed by atoms with Gasteiger partial charge in [-0.3, -0.25) is 0 Å². The van der Waals surface area contributed by atoms with Gasteiger partial charge >= 0.3 is 11.9 Å². The van der Waals surface area contributed by atoms with E-state index in [4.69, 9.17) is 13.9 Å². The Morgan fingerprint density at radius 3 is 1.69 bits per heavy atom. The van der Waals surface area contributed by atoms with Crippen molar-refractivity contribution in [1.29, 1.82) is 0 Å². The van der Waals surface area contributed by atoms with Gasteiger partial charge in [-0.25, -0.2) is 9.59 Å². The van der Waals surface area contributed by atoms with Crippen molar-refractivity contribution in [3.63, 3.8) is 0 Å². The molecule has 0 spiro atoms. The van der Waals surface area contributed by atoms with E-state index in [-0.39, 0.29) is 23.7 Å². The third kappa shape index (κ3) is 10.6. The van der Waals surface area contributed by atoms with E-state index in [0.717, 1.165) is 5.56 Å². The smallest absolute Gasteiger partial charge is 0.338 e. The van der Waals surface area contributed by atoms with Crippen LogP contribution in [0.15, 0.2) is 48.5 Å². The van der Waals surface area contributed by atoms with E-state index in [1.165, 1.54) is 0 Å². The minimum absolute atomic E-state index is 0.00945. The molecule has 0 aliphatic carbocycles. The summed E-state index contributed by atoms with van der Waals surface area (Å²) < 4.78 is 26.4. The summed E-state index contributed by atoms with van der Waals surface area (Å²) in [5.74, 6) is -0.246.